The van der Waals surface area contributed by atoms with Crippen LogP contribution in [0.25, 0.3) is 5.65 Å². The van der Waals surface area contributed by atoms with E-state index in [2.05, 4.69) is 20.1 Å². The third-order valence-corrected chi connectivity index (χ3v) is 5.89. The summed E-state index contributed by atoms with van der Waals surface area (Å²) in [4.78, 5) is 38.2. The summed E-state index contributed by atoms with van der Waals surface area (Å²) in [6.45, 7) is 1.21. The Labute approximate surface area is 154 Å². The second-order valence-corrected chi connectivity index (χ2v) is 7.29. The first-order valence-corrected chi connectivity index (χ1v) is 9.05. The van der Waals surface area contributed by atoms with Gasteiger partial charge < -0.3 is 10.6 Å². The highest BCUT2D eigenvalue weighted by molar-refractivity contribution is 5.93. The summed E-state index contributed by atoms with van der Waals surface area (Å²) in [6, 6.07) is 3.61. The highest BCUT2D eigenvalue weighted by Crippen LogP contribution is 2.44. The Bertz CT molecular complexity index is 1110. The van der Waals surface area contributed by atoms with Gasteiger partial charge in [0.2, 0.25) is 5.95 Å². The molecule has 5 rings (SSSR count). The van der Waals surface area contributed by atoms with E-state index in [1.165, 1.54) is 0 Å². The molecule has 9 heteroatoms. The minimum atomic E-state index is -0.160. The number of imidazole rings is 1. The first kappa shape index (κ1) is 16.0. The Kier molecular flexibility index (Phi) is 3.33. The van der Waals surface area contributed by atoms with Crippen LogP contribution in [0, 0.1) is 0 Å². The van der Waals surface area contributed by atoms with Crippen molar-refractivity contribution >= 4 is 17.5 Å². The minimum absolute atomic E-state index is 0.0762. The van der Waals surface area contributed by atoms with Gasteiger partial charge in [-0.2, -0.15) is 5.10 Å². The van der Waals surface area contributed by atoms with Crippen LogP contribution in [0.4, 0.5) is 5.95 Å². The zero-order chi connectivity index (χ0) is 18.6. The fraction of sp³-hybridized carbons (Fsp3) is 0.389. The summed E-state index contributed by atoms with van der Waals surface area (Å²) in [7, 11) is 0. The van der Waals surface area contributed by atoms with E-state index in [1.54, 1.807) is 23.0 Å². The molecular weight excluding hydrogens is 346 g/mol. The molecule has 1 amide bonds. The summed E-state index contributed by atoms with van der Waals surface area (Å²) in [5.74, 6) is 0.0861. The van der Waals surface area contributed by atoms with E-state index < -0.39 is 0 Å². The van der Waals surface area contributed by atoms with E-state index in [-0.39, 0.29) is 22.8 Å². The van der Waals surface area contributed by atoms with E-state index in [9.17, 15) is 9.59 Å². The maximum Gasteiger partial charge on any atom is 0.274 e. The zero-order valence-corrected chi connectivity index (χ0v) is 14.7. The van der Waals surface area contributed by atoms with Gasteiger partial charge in [-0.1, -0.05) is 0 Å². The molecule has 1 fully saturated rings. The molecule has 0 saturated carbocycles. The van der Waals surface area contributed by atoms with Gasteiger partial charge in [-0.05, 0) is 37.8 Å². The number of fused-ring (bicyclic) bond motifs is 3. The number of carbonyl (C=O) groups is 1. The molecule has 2 aliphatic rings. The van der Waals surface area contributed by atoms with E-state index in [0.717, 1.165) is 30.5 Å². The number of rotatable bonds is 1. The molecule has 0 atom stereocenters. The van der Waals surface area contributed by atoms with Crippen LogP contribution < -0.4 is 11.3 Å². The van der Waals surface area contributed by atoms with Crippen LogP contribution in [-0.2, 0) is 11.8 Å². The first-order valence-electron chi connectivity index (χ1n) is 9.05. The van der Waals surface area contributed by atoms with Gasteiger partial charge in [0.15, 0.2) is 11.3 Å². The molecule has 0 unspecified atom stereocenters. The number of H-pyrrole nitrogens is 1. The number of aromatic nitrogens is 5. The molecule has 0 radical (unpaired) electrons. The summed E-state index contributed by atoms with van der Waals surface area (Å²) >= 11 is 0. The third-order valence-electron chi connectivity index (χ3n) is 5.89. The molecule has 1 aliphatic carbocycles. The molecule has 0 aromatic carbocycles. The number of hydrogen-bond donors (Lipinski definition) is 2. The van der Waals surface area contributed by atoms with Crippen molar-refractivity contribution in [3.63, 3.8) is 0 Å². The van der Waals surface area contributed by atoms with E-state index in [1.807, 2.05) is 11.0 Å². The van der Waals surface area contributed by atoms with Crippen molar-refractivity contribution in [3.05, 3.63) is 51.8 Å². The van der Waals surface area contributed by atoms with Crippen molar-refractivity contribution in [2.24, 2.45) is 0 Å². The number of nitrogen functional groups attached to an aromatic ring is 1. The summed E-state index contributed by atoms with van der Waals surface area (Å²) < 4.78 is 1.57. The average molecular weight is 365 g/mol. The second-order valence-electron chi connectivity index (χ2n) is 7.29. The fourth-order valence-corrected chi connectivity index (χ4v) is 4.43. The standard InChI is InChI=1S/C18H19N7O2/c19-17-22-14-11(15(26)23-17)3-4-18(14)5-8-24(9-6-18)16(27)12-10-20-13-2-1-7-21-25(12)13/h1-2,7,10H,3-6,8-9H2,(H3,19,22,23,26). The molecule has 9 nitrogen and oxygen atoms in total. The molecule has 1 spiro atoms. The van der Waals surface area contributed by atoms with Crippen LogP contribution in [0.1, 0.15) is 41.0 Å². The Morgan fingerprint density at radius 2 is 2.07 bits per heavy atom. The van der Waals surface area contributed by atoms with Gasteiger partial charge >= 0.3 is 0 Å². The van der Waals surface area contributed by atoms with E-state index in [4.69, 9.17) is 5.73 Å². The average Bonchev–Trinajstić information content (AvgIpc) is 3.25. The number of amides is 1. The van der Waals surface area contributed by atoms with Crippen molar-refractivity contribution in [2.45, 2.75) is 31.1 Å². The number of nitrogens with zero attached hydrogens (tertiary/aromatic N) is 5. The monoisotopic (exact) mass is 365 g/mol. The van der Waals surface area contributed by atoms with Crippen molar-refractivity contribution in [1.82, 2.24) is 29.5 Å². The van der Waals surface area contributed by atoms with Crippen LogP contribution >= 0.6 is 0 Å². The van der Waals surface area contributed by atoms with E-state index >= 15 is 0 Å². The predicted molar refractivity (Wildman–Crippen MR) is 97.4 cm³/mol. The highest BCUT2D eigenvalue weighted by atomic mass is 16.2. The largest absolute Gasteiger partial charge is 0.369 e. The van der Waals surface area contributed by atoms with Crippen molar-refractivity contribution in [1.29, 1.82) is 0 Å². The topological polar surface area (TPSA) is 122 Å². The number of hydrogen-bond acceptors (Lipinski definition) is 6. The lowest BCUT2D eigenvalue weighted by molar-refractivity contribution is 0.0655. The van der Waals surface area contributed by atoms with Crippen molar-refractivity contribution < 1.29 is 4.79 Å². The molecule has 3 N–H and O–H groups in total. The van der Waals surface area contributed by atoms with E-state index in [0.29, 0.717) is 30.9 Å². The number of aromatic amines is 1. The van der Waals surface area contributed by atoms with Gasteiger partial charge in [-0.3, -0.25) is 14.6 Å². The minimum Gasteiger partial charge on any atom is -0.369 e. The molecule has 1 aliphatic heterocycles. The maximum absolute atomic E-state index is 13.0. The third kappa shape index (κ3) is 2.34. The van der Waals surface area contributed by atoms with Gasteiger partial charge in [-0.25, -0.2) is 14.5 Å². The molecule has 138 valence electrons. The zero-order valence-electron chi connectivity index (χ0n) is 14.7. The number of likely N-dealkylation sites (tertiary alicyclic amines) is 1. The predicted octanol–water partition coefficient (Wildman–Crippen LogP) is 0.515. The molecule has 1 saturated heterocycles. The van der Waals surface area contributed by atoms with Crippen LogP contribution in [0.5, 0.6) is 0 Å². The molecule has 0 bridgehead atoms. The number of nitrogens with two attached hydrogens (primary N) is 1. The van der Waals surface area contributed by atoms with Crippen LogP contribution in [0.3, 0.4) is 0 Å². The molecule has 3 aromatic heterocycles. The SMILES string of the molecule is Nc1nc2c(c(=O)[nH]1)CCC21CCN(C(=O)c2cnc3cccnn23)CC1. The Balaban J connectivity index is 1.40. The van der Waals surface area contributed by atoms with Crippen LogP contribution in [0.2, 0.25) is 0 Å². The smallest absolute Gasteiger partial charge is 0.274 e. The summed E-state index contributed by atoms with van der Waals surface area (Å²) in [5.41, 5.74) is 8.16. The van der Waals surface area contributed by atoms with Gasteiger partial charge in [0.25, 0.3) is 11.5 Å². The fourth-order valence-electron chi connectivity index (χ4n) is 4.43. The molecule has 27 heavy (non-hydrogen) atoms. The lowest BCUT2D eigenvalue weighted by Crippen LogP contribution is -2.45. The lowest BCUT2D eigenvalue weighted by Gasteiger charge is -2.39. The van der Waals surface area contributed by atoms with Crippen LogP contribution in [0.15, 0.2) is 29.3 Å². The number of carbonyl (C=O) groups excluding carboxylic acids is 1. The van der Waals surface area contributed by atoms with Crippen LogP contribution in [-0.4, -0.2) is 48.5 Å². The number of anilines is 1. The van der Waals surface area contributed by atoms with Gasteiger partial charge in [0.05, 0.1) is 11.9 Å². The number of piperidine rings is 1. The van der Waals surface area contributed by atoms with Gasteiger partial charge in [0.1, 0.15) is 0 Å². The normalized spacial score (nSPS) is 18.1. The summed E-state index contributed by atoms with van der Waals surface area (Å²) in [5, 5.41) is 4.22. The molecule has 4 heterocycles. The first-order chi connectivity index (χ1) is 13.1. The Morgan fingerprint density at radius 1 is 1.26 bits per heavy atom. The quantitative estimate of drug-likeness (QED) is 0.648. The Morgan fingerprint density at radius 3 is 2.89 bits per heavy atom. The van der Waals surface area contributed by atoms with Gasteiger partial charge in [0, 0.05) is 30.3 Å². The summed E-state index contributed by atoms with van der Waals surface area (Å²) in [6.07, 6.45) is 6.34. The molecule has 3 aromatic rings. The second kappa shape index (κ2) is 5.63. The molecular formula is C18H19N7O2. The van der Waals surface area contributed by atoms with Gasteiger partial charge in [-0.15, -0.1) is 0 Å². The highest BCUT2D eigenvalue weighted by Gasteiger charge is 2.44. The van der Waals surface area contributed by atoms with Crippen molar-refractivity contribution in [3.8, 4) is 0 Å². The lowest BCUT2D eigenvalue weighted by atomic mass is 9.76. The number of nitrogens with one attached hydrogen (secondary N) is 1. The maximum atomic E-state index is 13.0. The van der Waals surface area contributed by atoms with Crippen molar-refractivity contribution in [2.75, 3.05) is 18.8 Å². The Hall–Kier alpha value is -3.23.